The number of amides is 1. The van der Waals surface area contributed by atoms with Crippen LogP contribution in [-0.2, 0) is 6.54 Å². The minimum atomic E-state index is -1.49. The fourth-order valence-electron chi connectivity index (χ4n) is 1.78. The molecule has 8 heteroatoms. The van der Waals surface area contributed by atoms with E-state index in [1.54, 1.807) is 12.1 Å². The predicted molar refractivity (Wildman–Crippen MR) is 67.5 cm³/mol. The maximum absolute atomic E-state index is 13.9. The van der Waals surface area contributed by atoms with Gasteiger partial charge in [0, 0.05) is 13.1 Å². The van der Waals surface area contributed by atoms with Gasteiger partial charge in [-0.2, -0.15) is 4.39 Å². The minimum absolute atomic E-state index is 0.0204. The van der Waals surface area contributed by atoms with E-state index < -0.39 is 33.7 Å². The molecule has 0 aliphatic rings. The number of hydrogen-bond donors (Lipinski definition) is 0. The third kappa shape index (κ3) is 2.88. The number of rotatable bonds is 4. The number of nitro groups is 1. The summed E-state index contributed by atoms with van der Waals surface area (Å²) < 4.78 is 32.6. The normalized spacial score (nSPS) is 10.4. The number of hydrogen-bond acceptors (Lipinski definition) is 4. The summed E-state index contributed by atoms with van der Waals surface area (Å²) in [6.45, 7) is -0.0204. The molecule has 0 radical (unpaired) electrons. The standard InChI is InChI=1S/C13H10F2N2O4/c1-16(7-8-3-2-6-21-8)13(18)11-9(14)4-5-10(12(11)15)17(19)20/h2-6H,7H2,1H3. The van der Waals surface area contributed by atoms with Crippen molar-refractivity contribution in [3.05, 3.63) is 63.6 Å². The van der Waals surface area contributed by atoms with Crippen LogP contribution in [-0.4, -0.2) is 22.8 Å². The van der Waals surface area contributed by atoms with Gasteiger partial charge in [0.25, 0.3) is 5.91 Å². The highest BCUT2D eigenvalue weighted by Gasteiger charge is 2.28. The first kappa shape index (κ1) is 14.6. The van der Waals surface area contributed by atoms with Crippen molar-refractivity contribution in [3.63, 3.8) is 0 Å². The van der Waals surface area contributed by atoms with Crippen LogP contribution < -0.4 is 0 Å². The van der Waals surface area contributed by atoms with E-state index in [4.69, 9.17) is 4.42 Å². The lowest BCUT2D eigenvalue weighted by Crippen LogP contribution is -2.28. The highest BCUT2D eigenvalue weighted by atomic mass is 19.1. The second kappa shape index (κ2) is 5.70. The van der Waals surface area contributed by atoms with Crippen LogP contribution in [0.3, 0.4) is 0 Å². The zero-order chi connectivity index (χ0) is 15.6. The zero-order valence-corrected chi connectivity index (χ0v) is 10.9. The van der Waals surface area contributed by atoms with E-state index in [1.165, 1.54) is 13.3 Å². The molecule has 0 saturated heterocycles. The summed E-state index contributed by atoms with van der Waals surface area (Å²) in [5, 5.41) is 10.6. The van der Waals surface area contributed by atoms with Gasteiger partial charge in [0.05, 0.1) is 17.7 Å². The number of halogens is 2. The second-order valence-electron chi connectivity index (χ2n) is 4.25. The number of carbonyl (C=O) groups is 1. The summed E-state index contributed by atoms with van der Waals surface area (Å²) in [7, 11) is 1.31. The molecule has 1 heterocycles. The van der Waals surface area contributed by atoms with Crippen molar-refractivity contribution >= 4 is 11.6 Å². The molecule has 1 aromatic carbocycles. The van der Waals surface area contributed by atoms with Crippen molar-refractivity contribution in [1.82, 2.24) is 4.90 Å². The summed E-state index contributed by atoms with van der Waals surface area (Å²) in [6, 6.07) is 4.55. The molecular formula is C13H10F2N2O4. The van der Waals surface area contributed by atoms with Crippen molar-refractivity contribution in [2.75, 3.05) is 7.05 Å². The van der Waals surface area contributed by atoms with Crippen molar-refractivity contribution in [3.8, 4) is 0 Å². The Morgan fingerprint density at radius 3 is 2.67 bits per heavy atom. The molecular weight excluding hydrogens is 286 g/mol. The molecule has 0 saturated carbocycles. The van der Waals surface area contributed by atoms with E-state index in [2.05, 4.69) is 0 Å². The van der Waals surface area contributed by atoms with Crippen LogP contribution in [0.5, 0.6) is 0 Å². The Bertz CT molecular complexity index is 686. The number of nitrogens with zero attached hydrogens (tertiary/aromatic N) is 2. The smallest absolute Gasteiger partial charge is 0.305 e. The van der Waals surface area contributed by atoms with Crippen molar-refractivity contribution in [2.45, 2.75) is 6.54 Å². The van der Waals surface area contributed by atoms with E-state index >= 15 is 0 Å². The topological polar surface area (TPSA) is 76.6 Å². The predicted octanol–water partition coefficient (Wildman–Crippen LogP) is 2.74. The van der Waals surface area contributed by atoms with Gasteiger partial charge < -0.3 is 9.32 Å². The SMILES string of the molecule is CN(Cc1ccco1)C(=O)c1c(F)ccc([N+](=O)[O-])c1F. The van der Waals surface area contributed by atoms with Crippen LogP contribution in [0, 0.1) is 21.7 Å². The van der Waals surface area contributed by atoms with Gasteiger partial charge in [-0.15, -0.1) is 0 Å². The van der Waals surface area contributed by atoms with Crippen molar-refractivity contribution in [2.24, 2.45) is 0 Å². The largest absolute Gasteiger partial charge is 0.467 e. The van der Waals surface area contributed by atoms with Crippen molar-refractivity contribution in [1.29, 1.82) is 0 Å². The van der Waals surface area contributed by atoms with E-state index in [-0.39, 0.29) is 6.54 Å². The highest BCUT2D eigenvalue weighted by molar-refractivity contribution is 5.95. The quantitative estimate of drug-likeness (QED) is 0.642. The fraction of sp³-hybridized carbons (Fsp3) is 0.154. The van der Waals surface area contributed by atoms with Crippen molar-refractivity contribution < 1.29 is 22.9 Å². The van der Waals surface area contributed by atoms with Gasteiger partial charge in [0.15, 0.2) is 0 Å². The first-order valence-corrected chi connectivity index (χ1v) is 5.82. The molecule has 2 rings (SSSR count). The van der Waals surface area contributed by atoms with Gasteiger partial charge >= 0.3 is 5.69 Å². The fourth-order valence-corrected chi connectivity index (χ4v) is 1.78. The number of furan rings is 1. The Kier molecular flexibility index (Phi) is 3.97. The summed E-state index contributed by atoms with van der Waals surface area (Å²) in [5.41, 5.74) is -1.91. The number of nitro benzene ring substituents is 1. The van der Waals surface area contributed by atoms with E-state index in [0.717, 1.165) is 4.90 Å². The van der Waals surface area contributed by atoms with Crippen LogP contribution in [0.15, 0.2) is 34.9 Å². The third-order valence-electron chi connectivity index (χ3n) is 2.80. The van der Waals surface area contributed by atoms with Crippen LogP contribution in [0.25, 0.3) is 0 Å². The Morgan fingerprint density at radius 1 is 1.38 bits per heavy atom. The zero-order valence-electron chi connectivity index (χ0n) is 10.9. The third-order valence-corrected chi connectivity index (χ3v) is 2.80. The average Bonchev–Trinajstić information content (AvgIpc) is 2.90. The molecule has 1 amide bonds. The molecule has 0 bridgehead atoms. The van der Waals surface area contributed by atoms with Gasteiger partial charge in [-0.3, -0.25) is 14.9 Å². The van der Waals surface area contributed by atoms with Gasteiger partial charge in [-0.05, 0) is 18.2 Å². The first-order valence-electron chi connectivity index (χ1n) is 5.82. The second-order valence-corrected chi connectivity index (χ2v) is 4.25. The maximum atomic E-state index is 13.9. The molecule has 0 atom stereocenters. The Hall–Kier alpha value is -2.77. The van der Waals surface area contributed by atoms with Gasteiger partial charge in [0.1, 0.15) is 17.1 Å². The molecule has 0 spiro atoms. The van der Waals surface area contributed by atoms with E-state index in [9.17, 15) is 23.7 Å². The molecule has 21 heavy (non-hydrogen) atoms. The molecule has 1 aromatic heterocycles. The number of benzene rings is 1. The van der Waals surface area contributed by atoms with Crippen LogP contribution in [0.4, 0.5) is 14.5 Å². The number of carbonyl (C=O) groups excluding carboxylic acids is 1. The van der Waals surface area contributed by atoms with E-state index in [0.29, 0.717) is 17.9 Å². The molecule has 0 fully saturated rings. The van der Waals surface area contributed by atoms with Gasteiger partial charge in [-0.25, -0.2) is 4.39 Å². The maximum Gasteiger partial charge on any atom is 0.305 e. The summed E-state index contributed by atoms with van der Waals surface area (Å²) >= 11 is 0. The van der Waals surface area contributed by atoms with Crippen LogP contribution in [0.2, 0.25) is 0 Å². The molecule has 0 aliphatic carbocycles. The Balaban J connectivity index is 2.34. The molecule has 110 valence electrons. The van der Waals surface area contributed by atoms with Crippen LogP contribution in [0.1, 0.15) is 16.1 Å². The minimum Gasteiger partial charge on any atom is -0.467 e. The summed E-state index contributed by atoms with van der Waals surface area (Å²) in [4.78, 5) is 22.7. The molecule has 0 N–H and O–H groups in total. The lowest BCUT2D eigenvalue weighted by molar-refractivity contribution is -0.387. The van der Waals surface area contributed by atoms with Gasteiger partial charge in [-0.1, -0.05) is 0 Å². The van der Waals surface area contributed by atoms with E-state index in [1.807, 2.05) is 0 Å². The van der Waals surface area contributed by atoms with Crippen LogP contribution >= 0.6 is 0 Å². The Morgan fingerprint density at radius 2 is 2.10 bits per heavy atom. The highest BCUT2D eigenvalue weighted by Crippen LogP contribution is 2.24. The molecule has 2 aromatic rings. The average molecular weight is 296 g/mol. The summed E-state index contributed by atoms with van der Waals surface area (Å²) in [5.74, 6) is -3.24. The lowest BCUT2D eigenvalue weighted by Gasteiger charge is -2.16. The summed E-state index contributed by atoms with van der Waals surface area (Å²) in [6.07, 6.45) is 1.39. The first-order chi connectivity index (χ1) is 9.91. The Labute approximate surface area is 117 Å². The molecule has 0 aliphatic heterocycles. The lowest BCUT2D eigenvalue weighted by atomic mass is 10.1. The van der Waals surface area contributed by atoms with Gasteiger partial charge in [0.2, 0.25) is 5.82 Å². The monoisotopic (exact) mass is 296 g/mol. The molecule has 6 nitrogen and oxygen atoms in total. The molecule has 0 unspecified atom stereocenters.